The Morgan fingerprint density at radius 3 is 2.74 bits per heavy atom. The fourth-order valence-corrected chi connectivity index (χ4v) is 4.15. The van der Waals surface area contributed by atoms with Gasteiger partial charge in [-0.25, -0.2) is 0 Å². The van der Waals surface area contributed by atoms with E-state index in [9.17, 15) is 0 Å². The monoisotopic (exact) mass is 372 g/mol. The predicted octanol–water partition coefficient (Wildman–Crippen LogP) is 2.81. The molecule has 0 saturated heterocycles. The summed E-state index contributed by atoms with van der Waals surface area (Å²) < 4.78 is 5.30. The van der Waals surface area contributed by atoms with Crippen LogP contribution >= 0.6 is 0 Å². The molecule has 1 aromatic carbocycles. The molecule has 0 amide bonds. The lowest BCUT2D eigenvalue weighted by molar-refractivity contribution is 0.0778. The SMILES string of the molecule is CCNC(=NCC1(CCOC)CCC1)NCCN1CCc2ccccc2C1. The van der Waals surface area contributed by atoms with Crippen LogP contribution in [0, 0.1) is 5.41 Å². The molecule has 2 aliphatic rings. The van der Waals surface area contributed by atoms with Crippen LogP contribution in [0.25, 0.3) is 0 Å². The van der Waals surface area contributed by atoms with Gasteiger partial charge in [-0.3, -0.25) is 9.89 Å². The van der Waals surface area contributed by atoms with Crippen molar-refractivity contribution in [1.82, 2.24) is 15.5 Å². The summed E-state index contributed by atoms with van der Waals surface area (Å²) in [4.78, 5) is 7.43. The zero-order valence-electron chi connectivity index (χ0n) is 17.1. The molecule has 1 saturated carbocycles. The fraction of sp³-hybridized carbons (Fsp3) is 0.682. The van der Waals surface area contributed by atoms with Gasteiger partial charge < -0.3 is 15.4 Å². The second kappa shape index (κ2) is 10.1. The topological polar surface area (TPSA) is 48.9 Å². The smallest absolute Gasteiger partial charge is 0.191 e. The summed E-state index contributed by atoms with van der Waals surface area (Å²) >= 11 is 0. The summed E-state index contributed by atoms with van der Waals surface area (Å²) in [7, 11) is 1.79. The van der Waals surface area contributed by atoms with Gasteiger partial charge in [-0.1, -0.05) is 30.7 Å². The van der Waals surface area contributed by atoms with E-state index in [-0.39, 0.29) is 0 Å². The highest BCUT2D eigenvalue weighted by atomic mass is 16.5. The molecule has 5 nitrogen and oxygen atoms in total. The molecule has 3 rings (SSSR count). The standard InChI is InChI=1S/C22H36N4O/c1-3-23-21(25-18-22(10-6-11-22)12-16-27-2)24-13-15-26-14-9-19-7-4-5-8-20(19)17-26/h4-5,7-8H,3,6,9-18H2,1-2H3,(H2,23,24,25). The fourth-order valence-electron chi connectivity index (χ4n) is 4.15. The molecule has 5 heteroatoms. The maximum Gasteiger partial charge on any atom is 0.191 e. The number of hydrogen-bond donors (Lipinski definition) is 2. The molecule has 1 aliphatic carbocycles. The van der Waals surface area contributed by atoms with Crippen LogP contribution in [0.15, 0.2) is 29.3 Å². The number of nitrogens with zero attached hydrogens (tertiary/aromatic N) is 2. The summed E-state index contributed by atoms with van der Waals surface area (Å²) in [5.74, 6) is 0.957. The van der Waals surface area contributed by atoms with E-state index >= 15 is 0 Å². The highest BCUT2D eigenvalue weighted by Crippen LogP contribution is 2.44. The molecule has 150 valence electrons. The molecular formula is C22H36N4O. The Morgan fingerprint density at radius 1 is 1.22 bits per heavy atom. The van der Waals surface area contributed by atoms with Crippen molar-refractivity contribution in [1.29, 1.82) is 0 Å². The van der Waals surface area contributed by atoms with Crippen molar-refractivity contribution in [2.75, 3.05) is 46.4 Å². The molecule has 1 aliphatic heterocycles. The van der Waals surface area contributed by atoms with Crippen LogP contribution in [0.3, 0.4) is 0 Å². The number of aliphatic imine (C=N–C) groups is 1. The van der Waals surface area contributed by atoms with Crippen LogP contribution in [0.1, 0.15) is 43.7 Å². The average molecular weight is 373 g/mol. The molecule has 0 aromatic heterocycles. The zero-order valence-corrected chi connectivity index (χ0v) is 17.1. The van der Waals surface area contributed by atoms with Crippen LogP contribution < -0.4 is 10.6 Å². The lowest BCUT2D eigenvalue weighted by atomic mass is 9.67. The van der Waals surface area contributed by atoms with Crippen LogP contribution in [0.5, 0.6) is 0 Å². The molecule has 0 bridgehead atoms. The number of rotatable bonds is 9. The molecule has 1 aromatic rings. The predicted molar refractivity (Wildman–Crippen MR) is 112 cm³/mol. The number of guanidine groups is 1. The summed E-state index contributed by atoms with van der Waals surface area (Å²) in [5.41, 5.74) is 3.36. The van der Waals surface area contributed by atoms with Gasteiger partial charge in [0, 0.05) is 53.0 Å². The lowest BCUT2D eigenvalue weighted by Gasteiger charge is -2.40. The van der Waals surface area contributed by atoms with E-state index in [1.807, 2.05) is 0 Å². The van der Waals surface area contributed by atoms with Crippen LogP contribution in [-0.4, -0.2) is 57.3 Å². The highest BCUT2D eigenvalue weighted by Gasteiger charge is 2.36. The van der Waals surface area contributed by atoms with E-state index in [1.165, 1.54) is 30.4 Å². The maximum atomic E-state index is 5.30. The van der Waals surface area contributed by atoms with Crippen molar-refractivity contribution in [3.63, 3.8) is 0 Å². The van der Waals surface area contributed by atoms with Crippen molar-refractivity contribution >= 4 is 5.96 Å². The van der Waals surface area contributed by atoms with Gasteiger partial charge in [-0.15, -0.1) is 0 Å². The van der Waals surface area contributed by atoms with Crippen LogP contribution in [-0.2, 0) is 17.7 Å². The van der Waals surface area contributed by atoms with Gasteiger partial charge in [0.15, 0.2) is 5.96 Å². The molecule has 27 heavy (non-hydrogen) atoms. The van der Waals surface area contributed by atoms with Crippen LogP contribution in [0.2, 0.25) is 0 Å². The lowest BCUT2D eigenvalue weighted by Crippen LogP contribution is -2.43. The van der Waals surface area contributed by atoms with E-state index in [2.05, 4.69) is 46.7 Å². The summed E-state index contributed by atoms with van der Waals surface area (Å²) in [5, 5.41) is 6.94. The maximum absolute atomic E-state index is 5.30. The summed E-state index contributed by atoms with van der Waals surface area (Å²) in [6.45, 7) is 8.96. The molecule has 0 radical (unpaired) electrons. The van der Waals surface area contributed by atoms with Gasteiger partial charge in [0.1, 0.15) is 0 Å². The summed E-state index contributed by atoms with van der Waals surface area (Å²) in [6.07, 6.45) is 6.19. The van der Waals surface area contributed by atoms with Crippen LogP contribution in [0.4, 0.5) is 0 Å². The Kier molecular flexibility index (Phi) is 7.53. The number of methoxy groups -OCH3 is 1. The Balaban J connectivity index is 1.45. The largest absolute Gasteiger partial charge is 0.385 e. The van der Waals surface area contributed by atoms with E-state index in [0.29, 0.717) is 5.41 Å². The molecule has 2 N–H and O–H groups in total. The highest BCUT2D eigenvalue weighted by molar-refractivity contribution is 5.79. The normalized spacial score (nSPS) is 19.3. The van der Waals surface area contributed by atoms with E-state index < -0.39 is 0 Å². The first-order valence-electron chi connectivity index (χ1n) is 10.5. The molecule has 0 spiro atoms. The first-order valence-corrected chi connectivity index (χ1v) is 10.5. The number of ether oxygens (including phenoxy) is 1. The van der Waals surface area contributed by atoms with Gasteiger partial charge in [0.2, 0.25) is 0 Å². The third-order valence-electron chi connectivity index (χ3n) is 6.10. The Labute approximate surface area is 164 Å². The molecule has 1 heterocycles. The Bertz CT molecular complexity index is 612. The average Bonchev–Trinajstić information content (AvgIpc) is 2.66. The number of benzene rings is 1. The van der Waals surface area contributed by atoms with E-state index in [1.54, 1.807) is 7.11 Å². The quantitative estimate of drug-likeness (QED) is 0.517. The van der Waals surface area contributed by atoms with Gasteiger partial charge in [0.05, 0.1) is 0 Å². The van der Waals surface area contributed by atoms with Gasteiger partial charge in [-0.05, 0) is 49.1 Å². The van der Waals surface area contributed by atoms with Gasteiger partial charge in [-0.2, -0.15) is 0 Å². The number of hydrogen-bond acceptors (Lipinski definition) is 3. The first-order chi connectivity index (χ1) is 13.2. The minimum Gasteiger partial charge on any atom is -0.385 e. The van der Waals surface area contributed by atoms with Crippen molar-refractivity contribution in [2.45, 2.75) is 45.6 Å². The number of nitrogens with one attached hydrogen (secondary N) is 2. The molecular weight excluding hydrogens is 336 g/mol. The van der Waals surface area contributed by atoms with Crippen molar-refractivity contribution in [3.05, 3.63) is 35.4 Å². The van der Waals surface area contributed by atoms with E-state index in [0.717, 1.165) is 64.7 Å². The van der Waals surface area contributed by atoms with Crippen molar-refractivity contribution < 1.29 is 4.74 Å². The first kappa shape index (κ1) is 20.2. The minimum atomic E-state index is 0.370. The van der Waals surface area contributed by atoms with Crippen molar-refractivity contribution in [2.24, 2.45) is 10.4 Å². The van der Waals surface area contributed by atoms with Crippen molar-refractivity contribution in [3.8, 4) is 0 Å². The third kappa shape index (κ3) is 5.69. The second-order valence-corrected chi connectivity index (χ2v) is 8.01. The van der Waals surface area contributed by atoms with E-state index in [4.69, 9.17) is 9.73 Å². The Morgan fingerprint density at radius 2 is 2.04 bits per heavy atom. The van der Waals surface area contributed by atoms with Gasteiger partial charge in [0.25, 0.3) is 0 Å². The summed E-state index contributed by atoms with van der Waals surface area (Å²) in [6, 6.07) is 8.83. The third-order valence-corrected chi connectivity index (χ3v) is 6.10. The Hall–Kier alpha value is -1.59. The minimum absolute atomic E-state index is 0.370. The number of fused-ring (bicyclic) bond motifs is 1. The second-order valence-electron chi connectivity index (χ2n) is 8.01. The molecule has 0 unspecified atom stereocenters. The van der Waals surface area contributed by atoms with Gasteiger partial charge >= 0.3 is 0 Å². The molecule has 1 fully saturated rings. The zero-order chi connectivity index (χ0) is 19.0. The molecule has 0 atom stereocenters.